The van der Waals surface area contributed by atoms with Gasteiger partial charge in [0.15, 0.2) is 0 Å². The first-order valence-electron chi connectivity index (χ1n) is 6.68. The highest BCUT2D eigenvalue weighted by atomic mass is 79.9. The molecule has 0 amide bonds. The Morgan fingerprint density at radius 3 is 2.71 bits per heavy atom. The second kappa shape index (κ2) is 7.09. The smallest absolute Gasteiger partial charge is 0.138 e. The van der Waals surface area contributed by atoms with Gasteiger partial charge in [-0.15, -0.1) is 0 Å². The third-order valence-electron chi connectivity index (χ3n) is 2.98. The van der Waals surface area contributed by atoms with Gasteiger partial charge in [-0.3, -0.25) is 0 Å². The second-order valence-electron chi connectivity index (χ2n) is 4.66. The van der Waals surface area contributed by atoms with Crippen molar-refractivity contribution in [2.75, 3.05) is 12.4 Å². The van der Waals surface area contributed by atoms with Crippen LogP contribution < -0.4 is 10.1 Å². The molecular formula is C15H17BrClN3O. The zero-order valence-electron chi connectivity index (χ0n) is 12.2. The van der Waals surface area contributed by atoms with Gasteiger partial charge in [-0.1, -0.05) is 34.5 Å². The summed E-state index contributed by atoms with van der Waals surface area (Å²) >= 11 is 9.65. The second-order valence-corrected chi connectivity index (χ2v) is 5.93. The summed E-state index contributed by atoms with van der Waals surface area (Å²) in [6.45, 7) is 3.99. The largest absolute Gasteiger partial charge is 0.497 e. The number of aryl methyl sites for hydroxylation is 1. The summed E-state index contributed by atoms with van der Waals surface area (Å²) in [5, 5.41) is 3.77. The predicted molar refractivity (Wildman–Crippen MR) is 89.8 cm³/mol. The summed E-state index contributed by atoms with van der Waals surface area (Å²) in [5.41, 5.74) is 1.71. The molecule has 0 fully saturated rings. The zero-order valence-corrected chi connectivity index (χ0v) is 14.5. The normalized spacial score (nSPS) is 10.5. The minimum atomic E-state index is 0.484. The van der Waals surface area contributed by atoms with Gasteiger partial charge in [0.2, 0.25) is 0 Å². The van der Waals surface area contributed by atoms with Crippen molar-refractivity contribution in [3.63, 3.8) is 0 Å². The molecular weight excluding hydrogens is 354 g/mol. The molecule has 4 nitrogen and oxygen atoms in total. The number of halogens is 2. The predicted octanol–water partition coefficient (Wildman–Crippen LogP) is 4.91. The van der Waals surface area contributed by atoms with Gasteiger partial charge in [0.25, 0.3) is 0 Å². The number of hydrogen-bond acceptors (Lipinski definition) is 4. The first-order chi connectivity index (χ1) is 10.0. The SMILES string of the molecule is CCCc1nc(Cl)c(C)c(Nc2cc(Br)cc(OC)c2)n1. The van der Waals surface area contributed by atoms with Crippen molar-refractivity contribution in [2.45, 2.75) is 26.7 Å². The van der Waals surface area contributed by atoms with Crippen LogP contribution in [0, 0.1) is 6.92 Å². The van der Waals surface area contributed by atoms with E-state index in [2.05, 4.69) is 38.1 Å². The summed E-state index contributed by atoms with van der Waals surface area (Å²) < 4.78 is 6.19. The van der Waals surface area contributed by atoms with Crippen LogP contribution in [0.15, 0.2) is 22.7 Å². The van der Waals surface area contributed by atoms with E-state index in [4.69, 9.17) is 16.3 Å². The Morgan fingerprint density at radius 2 is 2.05 bits per heavy atom. The summed E-state index contributed by atoms with van der Waals surface area (Å²) in [4.78, 5) is 8.84. The van der Waals surface area contributed by atoms with E-state index in [0.29, 0.717) is 5.15 Å². The van der Waals surface area contributed by atoms with Gasteiger partial charge in [0.1, 0.15) is 22.5 Å². The van der Waals surface area contributed by atoms with E-state index in [1.807, 2.05) is 25.1 Å². The molecule has 0 bridgehead atoms. The van der Waals surface area contributed by atoms with Gasteiger partial charge < -0.3 is 10.1 Å². The van der Waals surface area contributed by atoms with Crippen molar-refractivity contribution in [3.8, 4) is 5.75 Å². The number of aromatic nitrogens is 2. The van der Waals surface area contributed by atoms with E-state index >= 15 is 0 Å². The molecule has 0 unspecified atom stereocenters. The molecule has 21 heavy (non-hydrogen) atoms. The highest BCUT2D eigenvalue weighted by Crippen LogP contribution is 2.29. The summed E-state index contributed by atoms with van der Waals surface area (Å²) in [5.74, 6) is 2.23. The van der Waals surface area contributed by atoms with Crippen molar-refractivity contribution in [3.05, 3.63) is 39.2 Å². The van der Waals surface area contributed by atoms with E-state index in [1.54, 1.807) is 7.11 Å². The third kappa shape index (κ3) is 4.08. The van der Waals surface area contributed by atoms with Crippen LogP contribution in [-0.4, -0.2) is 17.1 Å². The molecule has 1 N–H and O–H groups in total. The first kappa shape index (κ1) is 16.0. The summed E-state index contributed by atoms with van der Waals surface area (Å²) in [7, 11) is 1.64. The molecule has 0 aliphatic heterocycles. The zero-order chi connectivity index (χ0) is 15.4. The maximum atomic E-state index is 6.19. The maximum Gasteiger partial charge on any atom is 0.138 e. The van der Waals surface area contributed by atoms with Crippen molar-refractivity contribution in [1.29, 1.82) is 0 Å². The Bertz CT molecular complexity index is 649. The fourth-order valence-corrected chi connectivity index (χ4v) is 2.54. The number of anilines is 2. The molecule has 0 saturated heterocycles. The standard InChI is InChI=1S/C15H17BrClN3O/c1-4-5-13-19-14(17)9(2)15(20-13)18-11-6-10(16)7-12(8-11)21-3/h6-8H,4-5H2,1-3H3,(H,18,19,20). The molecule has 0 spiro atoms. The van der Waals surface area contributed by atoms with Crippen LogP contribution >= 0.6 is 27.5 Å². The molecule has 1 aromatic carbocycles. The number of benzene rings is 1. The Labute approximate surface area is 138 Å². The van der Waals surface area contributed by atoms with Gasteiger partial charge >= 0.3 is 0 Å². The van der Waals surface area contributed by atoms with E-state index in [1.165, 1.54) is 0 Å². The van der Waals surface area contributed by atoms with Crippen LogP contribution in [0.4, 0.5) is 11.5 Å². The first-order valence-corrected chi connectivity index (χ1v) is 7.85. The van der Waals surface area contributed by atoms with Crippen molar-refractivity contribution in [2.24, 2.45) is 0 Å². The van der Waals surface area contributed by atoms with Crippen LogP contribution in [0.5, 0.6) is 5.75 Å². The number of hydrogen-bond donors (Lipinski definition) is 1. The lowest BCUT2D eigenvalue weighted by Crippen LogP contribution is -2.04. The Morgan fingerprint density at radius 1 is 1.29 bits per heavy atom. The molecule has 6 heteroatoms. The molecule has 1 aromatic heterocycles. The molecule has 2 aromatic rings. The van der Waals surface area contributed by atoms with E-state index < -0.39 is 0 Å². The van der Waals surface area contributed by atoms with Crippen LogP contribution in [0.1, 0.15) is 24.7 Å². The van der Waals surface area contributed by atoms with Gasteiger partial charge in [-0.25, -0.2) is 9.97 Å². The lowest BCUT2D eigenvalue weighted by atomic mass is 10.2. The fraction of sp³-hybridized carbons (Fsp3) is 0.333. The minimum absolute atomic E-state index is 0.484. The third-order valence-corrected chi connectivity index (χ3v) is 3.80. The molecule has 0 radical (unpaired) electrons. The molecule has 0 aliphatic rings. The summed E-state index contributed by atoms with van der Waals surface area (Å²) in [6.07, 6.45) is 1.78. The monoisotopic (exact) mass is 369 g/mol. The highest BCUT2D eigenvalue weighted by molar-refractivity contribution is 9.10. The molecule has 1 heterocycles. The van der Waals surface area contributed by atoms with E-state index in [-0.39, 0.29) is 0 Å². The molecule has 112 valence electrons. The lowest BCUT2D eigenvalue weighted by Gasteiger charge is -2.12. The molecule has 0 atom stereocenters. The van der Waals surface area contributed by atoms with E-state index in [0.717, 1.165) is 46.0 Å². The Hall–Kier alpha value is -1.33. The van der Waals surface area contributed by atoms with Gasteiger partial charge in [0.05, 0.1) is 7.11 Å². The van der Waals surface area contributed by atoms with Crippen molar-refractivity contribution in [1.82, 2.24) is 9.97 Å². The number of methoxy groups -OCH3 is 1. The van der Waals surface area contributed by atoms with Gasteiger partial charge in [0, 0.05) is 28.2 Å². The fourth-order valence-electron chi connectivity index (χ4n) is 1.88. The number of nitrogens with one attached hydrogen (secondary N) is 1. The van der Waals surface area contributed by atoms with Crippen molar-refractivity contribution < 1.29 is 4.74 Å². The summed E-state index contributed by atoms with van der Waals surface area (Å²) in [6, 6.07) is 5.75. The van der Waals surface area contributed by atoms with Crippen LogP contribution in [0.2, 0.25) is 5.15 Å². The number of rotatable bonds is 5. The lowest BCUT2D eigenvalue weighted by molar-refractivity contribution is 0.415. The number of nitrogens with zero attached hydrogens (tertiary/aromatic N) is 2. The van der Waals surface area contributed by atoms with Gasteiger partial charge in [-0.05, 0) is 25.5 Å². The average molecular weight is 371 g/mol. The van der Waals surface area contributed by atoms with Crippen LogP contribution in [-0.2, 0) is 6.42 Å². The minimum Gasteiger partial charge on any atom is -0.497 e. The highest BCUT2D eigenvalue weighted by Gasteiger charge is 2.10. The molecule has 0 aliphatic carbocycles. The molecule has 2 rings (SSSR count). The van der Waals surface area contributed by atoms with Crippen molar-refractivity contribution >= 4 is 39.0 Å². The maximum absolute atomic E-state index is 6.19. The molecule has 0 saturated carbocycles. The quantitative estimate of drug-likeness (QED) is 0.760. The topological polar surface area (TPSA) is 47.0 Å². The number of ether oxygens (including phenoxy) is 1. The average Bonchev–Trinajstić information content (AvgIpc) is 2.44. The Kier molecular flexibility index (Phi) is 5.42. The van der Waals surface area contributed by atoms with Crippen LogP contribution in [0.25, 0.3) is 0 Å². The van der Waals surface area contributed by atoms with Crippen LogP contribution in [0.3, 0.4) is 0 Å². The van der Waals surface area contributed by atoms with Gasteiger partial charge in [-0.2, -0.15) is 0 Å². The van der Waals surface area contributed by atoms with E-state index in [9.17, 15) is 0 Å². The Balaban J connectivity index is 2.36.